The Kier molecular flexibility index (Phi) is 9.17. The standard InChI is InChI=1S/C32H31F2NO6/c1-5-39-29(37)16-25-19(4)22-13-11-21(15-27(22)41-32(25)38)35-28(36)17-40-26-9-7-6-8-23(26)24-12-10-20(14-18(2)3)30(33)31(24)34/h6-13,15,18H,5,14,16-17H2,1-4H3,(H,35,36). The van der Waals surface area contributed by atoms with Crippen LogP contribution in [0.5, 0.6) is 5.75 Å². The van der Waals surface area contributed by atoms with Gasteiger partial charge < -0.3 is 19.2 Å². The maximum Gasteiger partial charge on any atom is 0.340 e. The lowest BCUT2D eigenvalue weighted by Gasteiger charge is -2.14. The van der Waals surface area contributed by atoms with Gasteiger partial charge >= 0.3 is 11.6 Å². The first-order chi connectivity index (χ1) is 19.6. The minimum Gasteiger partial charge on any atom is -0.483 e. The maximum atomic E-state index is 15.0. The molecule has 1 amide bonds. The molecule has 0 aliphatic carbocycles. The van der Waals surface area contributed by atoms with E-state index in [1.807, 2.05) is 13.8 Å². The van der Waals surface area contributed by atoms with Gasteiger partial charge in [-0.25, -0.2) is 13.6 Å². The largest absolute Gasteiger partial charge is 0.483 e. The molecular formula is C32H31F2NO6. The van der Waals surface area contributed by atoms with E-state index < -0.39 is 35.7 Å². The van der Waals surface area contributed by atoms with E-state index in [0.29, 0.717) is 34.2 Å². The molecule has 0 fully saturated rings. The zero-order chi connectivity index (χ0) is 29.7. The number of benzene rings is 3. The molecule has 214 valence electrons. The number of anilines is 1. The number of halogens is 2. The number of nitrogens with one attached hydrogen (secondary N) is 1. The summed E-state index contributed by atoms with van der Waals surface area (Å²) in [4.78, 5) is 37.1. The number of fused-ring (bicyclic) bond motifs is 1. The Morgan fingerprint density at radius 3 is 2.49 bits per heavy atom. The van der Waals surface area contributed by atoms with E-state index in [2.05, 4.69) is 5.32 Å². The Bertz CT molecular complexity index is 1660. The second-order valence-electron chi connectivity index (χ2n) is 10.0. The summed E-state index contributed by atoms with van der Waals surface area (Å²) >= 11 is 0. The summed E-state index contributed by atoms with van der Waals surface area (Å²) in [6.07, 6.45) is 0.210. The average Bonchev–Trinajstić information content (AvgIpc) is 2.93. The van der Waals surface area contributed by atoms with Crippen LogP contribution in [0.1, 0.15) is 37.5 Å². The van der Waals surface area contributed by atoms with Gasteiger partial charge in [0.15, 0.2) is 18.2 Å². The molecule has 0 radical (unpaired) electrons. The predicted octanol–water partition coefficient (Wildman–Crippen LogP) is 6.37. The lowest BCUT2D eigenvalue weighted by atomic mass is 9.97. The second kappa shape index (κ2) is 12.8. The second-order valence-corrected chi connectivity index (χ2v) is 10.0. The number of aryl methyl sites for hydroxylation is 1. The molecule has 0 atom stereocenters. The molecule has 0 unspecified atom stereocenters. The molecule has 4 aromatic rings. The van der Waals surface area contributed by atoms with E-state index in [0.717, 1.165) is 0 Å². The van der Waals surface area contributed by atoms with Gasteiger partial charge in [0.25, 0.3) is 5.91 Å². The summed E-state index contributed by atoms with van der Waals surface area (Å²) in [5.41, 5.74) is 1.39. The zero-order valence-corrected chi connectivity index (χ0v) is 23.3. The molecule has 0 aliphatic rings. The smallest absolute Gasteiger partial charge is 0.340 e. The van der Waals surface area contributed by atoms with Crippen LogP contribution in [0.4, 0.5) is 14.5 Å². The van der Waals surface area contributed by atoms with Crippen molar-refractivity contribution in [2.75, 3.05) is 18.5 Å². The van der Waals surface area contributed by atoms with Crippen molar-refractivity contribution >= 4 is 28.5 Å². The summed E-state index contributed by atoms with van der Waals surface area (Å²) in [6.45, 7) is 7.05. The first-order valence-electron chi connectivity index (χ1n) is 13.3. The molecule has 0 saturated heterocycles. The van der Waals surface area contributed by atoms with Crippen LogP contribution in [0.2, 0.25) is 0 Å². The van der Waals surface area contributed by atoms with Crippen LogP contribution < -0.4 is 15.7 Å². The molecule has 0 aliphatic heterocycles. The van der Waals surface area contributed by atoms with Crippen molar-refractivity contribution in [3.63, 3.8) is 0 Å². The van der Waals surface area contributed by atoms with Crippen molar-refractivity contribution in [3.05, 3.63) is 93.3 Å². The highest BCUT2D eigenvalue weighted by molar-refractivity contribution is 5.95. The van der Waals surface area contributed by atoms with Crippen molar-refractivity contribution in [3.8, 4) is 16.9 Å². The molecule has 0 saturated carbocycles. The fourth-order valence-electron chi connectivity index (χ4n) is 4.58. The van der Waals surface area contributed by atoms with Crippen molar-refractivity contribution < 1.29 is 32.3 Å². The van der Waals surface area contributed by atoms with Crippen LogP contribution in [0.3, 0.4) is 0 Å². The average molecular weight is 564 g/mol. The van der Waals surface area contributed by atoms with Crippen molar-refractivity contribution in [2.24, 2.45) is 5.92 Å². The summed E-state index contributed by atoms with van der Waals surface area (Å²) < 4.78 is 45.8. The molecule has 9 heteroatoms. The third-order valence-corrected chi connectivity index (χ3v) is 6.52. The topological polar surface area (TPSA) is 94.8 Å². The highest BCUT2D eigenvalue weighted by atomic mass is 19.2. The van der Waals surface area contributed by atoms with Crippen LogP contribution in [-0.4, -0.2) is 25.1 Å². The normalized spacial score (nSPS) is 11.1. The number of carbonyl (C=O) groups excluding carboxylic acids is 2. The maximum absolute atomic E-state index is 15.0. The molecule has 1 N–H and O–H groups in total. The minimum absolute atomic E-state index is 0.0354. The monoisotopic (exact) mass is 563 g/mol. The molecule has 3 aromatic carbocycles. The summed E-state index contributed by atoms with van der Waals surface area (Å²) in [7, 11) is 0. The Labute approximate surface area is 236 Å². The lowest BCUT2D eigenvalue weighted by molar-refractivity contribution is -0.142. The molecular weight excluding hydrogens is 532 g/mol. The predicted molar refractivity (Wildman–Crippen MR) is 152 cm³/mol. The number of hydrogen-bond acceptors (Lipinski definition) is 6. The van der Waals surface area contributed by atoms with E-state index in [9.17, 15) is 18.8 Å². The van der Waals surface area contributed by atoms with Gasteiger partial charge in [0.05, 0.1) is 18.6 Å². The van der Waals surface area contributed by atoms with Gasteiger partial charge in [0, 0.05) is 28.3 Å². The van der Waals surface area contributed by atoms with Gasteiger partial charge in [0.1, 0.15) is 11.3 Å². The number of amides is 1. The fourth-order valence-corrected chi connectivity index (χ4v) is 4.58. The Morgan fingerprint density at radius 1 is 1.00 bits per heavy atom. The molecule has 0 spiro atoms. The van der Waals surface area contributed by atoms with Crippen LogP contribution in [-0.2, 0) is 27.2 Å². The third kappa shape index (κ3) is 6.80. The van der Waals surface area contributed by atoms with E-state index in [1.165, 1.54) is 12.1 Å². The number of rotatable bonds is 10. The molecule has 1 heterocycles. The molecule has 4 rings (SSSR count). The Hall–Kier alpha value is -4.53. The first-order valence-corrected chi connectivity index (χ1v) is 13.3. The number of hydrogen-bond donors (Lipinski definition) is 1. The van der Waals surface area contributed by atoms with Crippen molar-refractivity contribution in [1.29, 1.82) is 0 Å². The van der Waals surface area contributed by atoms with Crippen molar-refractivity contribution in [1.82, 2.24) is 0 Å². The third-order valence-electron chi connectivity index (χ3n) is 6.52. The molecule has 0 bridgehead atoms. The van der Waals surface area contributed by atoms with Crippen LogP contribution in [0.15, 0.2) is 63.8 Å². The van der Waals surface area contributed by atoms with E-state index in [1.54, 1.807) is 56.3 Å². The van der Waals surface area contributed by atoms with E-state index in [4.69, 9.17) is 13.9 Å². The number of carbonyl (C=O) groups is 2. The van der Waals surface area contributed by atoms with E-state index in [-0.39, 0.29) is 41.4 Å². The van der Waals surface area contributed by atoms with Gasteiger partial charge in [0.2, 0.25) is 0 Å². The minimum atomic E-state index is -0.970. The SMILES string of the molecule is CCOC(=O)Cc1c(C)c2ccc(NC(=O)COc3ccccc3-c3ccc(CC(C)C)c(F)c3F)cc2oc1=O. The van der Waals surface area contributed by atoms with Gasteiger partial charge in [-0.3, -0.25) is 9.59 Å². The molecule has 7 nitrogen and oxygen atoms in total. The van der Waals surface area contributed by atoms with Crippen LogP contribution in [0.25, 0.3) is 22.1 Å². The number of ether oxygens (including phenoxy) is 2. The van der Waals surface area contributed by atoms with Gasteiger partial charge in [-0.2, -0.15) is 0 Å². The Balaban J connectivity index is 1.49. The molecule has 41 heavy (non-hydrogen) atoms. The van der Waals surface area contributed by atoms with Gasteiger partial charge in [-0.15, -0.1) is 0 Å². The van der Waals surface area contributed by atoms with Crippen molar-refractivity contribution in [2.45, 2.75) is 40.5 Å². The quantitative estimate of drug-likeness (QED) is 0.178. The first kappa shape index (κ1) is 29.5. The highest BCUT2D eigenvalue weighted by Crippen LogP contribution is 2.34. The fraction of sp³-hybridized carbons (Fsp3) is 0.281. The summed E-state index contributed by atoms with van der Waals surface area (Å²) in [5.74, 6) is -2.52. The van der Waals surface area contributed by atoms with E-state index >= 15 is 4.39 Å². The highest BCUT2D eigenvalue weighted by Gasteiger charge is 2.19. The van der Waals surface area contributed by atoms with Crippen LogP contribution in [0, 0.1) is 24.5 Å². The molecule has 1 aromatic heterocycles. The summed E-state index contributed by atoms with van der Waals surface area (Å²) in [6, 6.07) is 14.4. The van der Waals surface area contributed by atoms with Gasteiger partial charge in [-0.1, -0.05) is 44.2 Å². The zero-order valence-electron chi connectivity index (χ0n) is 23.3. The summed E-state index contributed by atoms with van der Waals surface area (Å²) in [5, 5.41) is 3.29. The number of esters is 1. The Morgan fingerprint density at radius 2 is 1.76 bits per heavy atom. The lowest BCUT2D eigenvalue weighted by Crippen LogP contribution is -2.20. The number of para-hydroxylation sites is 1. The van der Waals surface area contributed by atoms with Gasteiger partial charge in [-0.05, 0) is 55.5 Å². The van der Waals surface area contributed by atoms with Crippen LogP contribution >= 0.6 is 0 Å².